The van der Waals surface area contributed by atoms with Crippen molar-refractivity contribution < 1.29 is 14.3 Å². The fourth-order valence-corrected chi connectivity index (χ4v) is 2.33. The van der Waals surface area contributed by atoms with Gasteiger partial charge in [0.2, 0.25) is 0 Å². The minimum absolute atomic E-state index is 0.0279. The topological polar surface area (TPSA) is 46.6 Å². The largest absolute Gasteiger partial charge is 0.465 e. The molecule has 0 radical (unpaired) electrons. The zero-order valence-corrected chi connectivity index (χ0v) is 13.9. The Kier molecular flexibility index (Phi) is 6.20. The van der Waals surface area contributed by atoms with Gasteiger partial charge in [0.1, 0.15) is 6.54 Å². The maximum atomic E-state index is 12.6. The third-order valence-corrected chi connectivity index (χ3v) is 3.40. The Morgan fingerprint density at radius 3 is 2.50 bits per heavy atom. The van der Waals surface area contributed by atoms with Gasteiger partial charge < -0.3 is 9.64 Å². The second-order valence-electron chi connectivity index (χ2n) is 4.79. The lowest BCUT2D eigenvalue weighted by Crippen LogP contribution is -2.41. The molecule has 0 spiro atoms. The number of carbonyl (C=O) groups is 2. The zero-order chi connectivity index (χ0) is 15.3. The molecule has 0 aliphatic rings. The Hall–Kier alpha value is -1.36. The first-order chi connectivity index (χ1) is 9.36. The van der Waals surface area contributed by atoms with E-state index in [1.807, 2.05) is 32.9 Å². The van der Waals surface area contributed by atoms with Crippen LogP contribution in [0.2, 0.25) is 0 Å². The lowest BCUT2D eigenvalue weighted by molar-refractivity contribution is -0.144. The van der Waals surface area contributed by atoms with E-state index in [2.05, 4.69) is 15.9 Å². The quantitative estimate of drug-likeness (QED) is 0.772. The summed E-state index contributed by atoms with van der Waals surface area (Å²) in [6.07, 6.45) is 0. The fraction of sp³-hybridized carbons (Fsp3) is 0.467. The molecule has 0 aromatic heterocycles. The number of ether oxygens (including phenoxy) is 1. The van der Waals surface area contributed by atoms with Crippen LogP contribution in [0.15, 0.2) is 22.7 Å². The normalized spacial score (nSPS) is 10.5. The summed E-state index contributed by atoms with van der Waals surface area (Å²) in [7, 11) is 0. The van der Waals surface area contributed by atoms with Crippen molar-refractivity contribution in [1.29, 1.82) is 0 Å². The number of nitrogens with zero attached hydrogens (tertiary/aromatic N) is 1. The highest BCUT2D eigenvalue weighted by Gasteiger charge is 2.23. The van der Waals surface area contributed by atoms with E-state index in [-0.39, 0.29) is 24.5 Å². The van der Waals surface area contributed by atoms with Gasteiger partial charge in [-0.25, -0.2) is 0 Å². The number of esters is 1. The minimum Gasteiger partial charge on any atom is -0.465 e. The average Bonchev–Trinajstić information content (AvgIpc) is 2.35. The van der Waals surface area contributed by atoms with Crippen molar-refractivity contribution in [2.75, 3.05) is 13.2 Å². The van der Waals surface area contributed by atoms with Gasteiger partial charge in [-0.1, -0.05) is 15.9 Å². The van der Waals surface area contributed by atoms with Gasteiger partial charge in [0, 0.05) is 16.1 Å². The molecule has 1 aromatic carbocycles. The maximum absolute atomic E-state index is 12.6. The van der Waals surface area contributed by atoms with Crippen molar-refractivity contribution in [3.63, 3.8) is 0 Å². The molecule has 0 unspecified atom stereocenters. The first kappa shape index (κ1) is 16.7. The molecular formula is C15H20BrNO3. The van der Waals surface area contributed by atoms with E-state index in [0.29, 0.717) is 12.2 Å². The second-order valence-corrected chi connectivity index (χ2v) is 5.71. The van der Waals surface area contributed by atoms with Gasteiger partial charge >= 0.3 is 5.97 Å². The predicted octanol–water partition coefficient (Wildman–Crippen LogP) is 3.17. The van der Waals surface area contributed by atoms with Crippen LogP contribution in [0.3, 0.4) is 0 Å². The van der Waals surface area contributed by atoms with Crippen LogP contribution >= 0.6 is 15.9 Å². The number of hydrogen-bond donors (Lipinski definition) is 0. The monoisotopic (exact) mass is 341 g/mol. The molecule has 4 nitrogen and oxygen atoms in total. The van der Waals surface area contributed by atoms with Gasteiger partial charge in [0.05, 0.1) is 6.61 Å². The van der Waals surface area contributed by atoms with Crippen LogP contribution in [0, 0.1) is 6.92 Å². The van der Waals surface area contributed by atoms with Crippen molar-refractivity contribution in [3.05, 3.63) is 33.8 Å². The van der Waals surface area contributed by atoms with E-state index in [1.54, 1.807) is 13.0 Å². The molecule has 1 amide bonds. The predicted molar refractivity (Wildman–Crippen MR) is 81.7 cm³/mol. The summed E-state index contributed by atoms with van der Waals surface area (Å²) >= 11 is 3.37. The van der Waals surface area contributed by atoms with Crippen molar-refractivity contribution in [2.45, 2.75) is 33.7 Å². The van der Waals surface area contributed by atoms with Crippen LogP contribution in [0.25, 0.3) is 0 Å². The third-order valence-electron chi connectivity index (χ3n) is 2.91. The summed E-state index contributed by atoms with van der Waals surface area (Å²) in [5.41, 5.74) is 1.48. The van der Waals surface area contributed by atoms with Gasteiger partial charge in [-0.2, -0.15) is 0 Å². The molecule has 0 saturated carbocycles. The molecule has 0 aliphatic heterocycles. The standard InChI is InChI=1S/C15H20BrNO3/c1-5-20-14(18)9-17(10(2)3)15(19)13-7-6-12(16)8-11(13)4/h6-8,10H,5,9H2,1-4H3. The smallest absolute Gasteiger partial charge is 0.325 e. The van der Waals surface area contributed by atoms with Gasteiger partial charge in [-0.15, -0.1) is 0 Å². The number of benzene rings is 1. The van der Waals surface area contributed by atoms with Gasteiger partial charge in [0.15, 0.2) is 0 Å². The molecule has 1 aromatic rings. The van der Waals surface area contributed by atoms with Crippen LogP contribution in [0.4, 0.5) is 0 Å². The molecule has 110 valence electrons. The first-order valence-electron chi connectivity index (χ1n) is 6.59. The molecule has 0 heterocycles. The SMILES string of the molecule is CCOC(=O)CN(C(=O)c1ccc(Br)cc1C)C(C)C. The number of carbonyl (C=O) groups excluding carboxylic acids is 2. The Bertz CT molecular complexity index is 500. The van der Waals surface area contributed by atoms with Crippen LogP contribution in [-0.4, -0.2) is 36.0 Å². The Balaban J connectivity index is 2.96. The minimum atomic E-state index is -0.385. The van der Waals surface area contributed by atoms with Crippen LogP contribution in [0.1, 0.15) is 36.7 Å². The highest BCUT2D eigenvalue weighted by Crippen LogP contribution is 2.18. The van der Waals surface area contributed by atoms with E-state index in [1.165, 1.54) is 4.90 Å². The van der Waals surface area contributed by atoms with E-state index in [9.17, 15) is 9.59 Å². The van der Waals surface area contributed by atoms with Crippen molar-refractivity contribution in [3.8, 4) is 0 Å². The summed E-state index contributed by atoms with van der Waals surface area (Å²) in [6.45, 7) is 7.67. The second kappa shape index (κ2) is 7.43. The van der Waals surface area contributed by atoms with Gasteiger partial charge in [-0.3, -0.25) is 9.59 Å². The molecule has 0 saturated heterocycles. The molecule has 0 aliphatic carbocycles. The lowest BCUT2D eigenvalue weighted by atomic mass is 10.1. The number of amides is 1. The molecular weight excluding hydrogens is 322 g/mol. The van der Waals surface area contributed by atoms with E-state index in [4.69, 9.17) is 4.74 Å². The molecule has 0 N–H and O–H groups in total. The average molecular weight is 342 g/mol. The number of rotatable bonds is 5. The van der Waals surface area contributed by atoms with Crippen molar-refractivity contribution in [2.24, 2.45) is 0 Å². The van der Waals surface area contributed by atoms with Crippen LogP contribution in [0.5, 0.6) is 0 Å². The Morgan fingerprint density at radius 2 is 2.00 bits per heavy atom. The van der Waals surface area contributed by atoms with Crippen molar-refractivity contribution >= 4 is 27.8 Å². The molecule has 0 fully saturated rings. The summed E-state index contributed by atoms with van der Waals surface area (Å²) < 4.78 is 5.84. The lowest BCUT2D eigenvalue weighted by Gasteiger charge is -2.26. The maximum Gasteiger partial charge on any atom is 0.325 e. The van der Waals surface area contributed by atoms with E-state index >= 15 is 0 Å². The van der Waals surface area contributed by atoms with Crippen LogP contribution in [-0.2, 0) is 9.53 Å². The Labute approximate surface area is 128 Å². The third kappa shape index (κ3) is 4.34. The molecule has 20 heavy (non-hydrogen) atoms. The Morgan fingerprint density at radius 1 is 1.35 bits per heavy atom. The molecule has 0 bridgehead atoms. The first-order valence-corrected chi connectivity index (χ1v) is 7.38. The van der Waals surface area contributed by atoms with Gasteiger partial charge in [0.25, 0.3) is 5.91 Å². The number of halogens is 1. The van der Waals surface area contributed by atoms with E-state index < -0.39 is 0 Å². The molecule has 5 heteroatoms. The summed E-state index contributed by atoms with van der Waals surface area (Å²) in [4.78, 5) is 25.7. The zero-order valence-electron chi connectivity index (χ0n) is 12.3. The van der Waals surface area contributed by atoms with Crippen LogP contribution < -0.4 is 0 Å². The highest BCUT2D eigenvalue weighted by molar-refractivity contribution is 9.10. The summed E-state index contributed by atoms with van der Waals surface area (Å²) in [5, 5.41) is 0. The number of aryl methyl sites for hydroxylation is 1. The summed E-state index contributed by atoms with van der Waals surface area (Å²) in [6, 6.07) is 5.40. The number of hydrogen-bond acceptors (Lipinski definition) is 3. The van der Waals surface area contributed by atoms with Crippen molar-refractivity contribution in [1.82, 2.24) is 4.90 Å². The molecule has 1 rings (SSSR count). The molecule has 0 atom stereocenters. The van der Waals surface area contributed by atoms with E-state index in [0.717, 1.165) is 10.0 Å². The van der Waals surface area contributed by atoms with Gasteiger partial charge in [-0.05, 0) is 51.5 Å². The summed E-state index contributed by atoms with van der Waals surface area (Å²) in [5.74, 6) is -0.539. The highest BCUT2D eigenvalue weighted by atomic mass is 79.9. The fourth-order valence-electron chi connectivity index (χ4n) is 1.86.